The number of rotatable bonds is 1. The zero-order valence-electron chi connectivity index (χ0n) is 6.65. The summed E-state index contributed by atoms with van der Waals surface area (Å²) in [6.07, 6.45) is 0. The van der Waals surface area contributed by atoms with E-state index < -0.39 is 6.04 Å². The van der Waals surface area contributed by atoms with E-state index >= 15 is 0 Å². The minimum atomic E-state index is -0.467. The van der Waals surface area contributed by atoms with Crippen LogP contribution in [0.3, 0.4) is 0 Å². The van der Waals surface area contributed by atoms with Crippen LogP contribution in [0, 0.1) is 0 Å². The van der Waals surface area contributed by atoms with Crippen LogP contribution in [0.2, 0.25) is 0 Å². The molecule has 0 spiro atoms. The first-order chi connectivity index (χ1) is 5.52. The van der Waals surface area contributed by atoms with Crippen LogP contribution in [0.25, 0.3) is 0 Å². The molecule has 4 heteroatoms. The molecule has 0 radical (unpaired) electrons. The fourth-order valence-electron chi connectivity index (χ4n) is 1.08. The second-order valence-corrected chi connectivity index (χ2v) is 2.69. The number of aromatic hydroxyl groups is 3. The van der Waals surface area contributed by atoms with Crippen molar-refractivity contribution in [1.82, 2.24) is 0 Å². The van der Waals surface area contributed by atoms with Crippen molar-refractivity contribution in [3.8, 4) is 17.2 Å². The fraction of sp³-hybridized carbons (Fsp3) is 0.250. The van der Waals surface area contributed by atoms with Gasteiger partial charge in [0.25, 0.3) is 0 Å². The van der Waals surface area contributed by atoms with Crippen molar-refractivity contribution in [2.24, 2.45) is 5.73 Å². The Kier molecular flexibility index (Phi) is 2.10. The van der Waals surface area contributed by atoms with E-state index in [1.54, 1.807) is 6.92 Å². The zero-order chi connectivity index (χ0) is 9.30. The summed E-state index contributed by atoms with van der Waals surface area (Å²) < 4.78 is 0. The van der Waals surface area contributed by atoms with Gasteiger partial charge in [-0.2, -0.15) is 0 Å². The van der Waals surface area contributed by atoms with Crippen LogP contribution >= 0.6 is 0 Å². The Morgan fingerprint density at radius 1 is 1.17 bits per heavy atom. The average Bonchev–Trinajstić information content (AvgIpc) is 1.82. The quantitative estimate of drug-likeness (QED) is 0.501. The van der Waals surface area contributed by atoms with Crippen molar-refractivity contribution in [2.45, 2.75) is 13.0 Å². The molecule has 0 aromatic heterocycles. The summed E-state index contributed by atoms with van der Waals surface area (Å²) in [7, 11) is 0. The van der Waals surface area contributed by atoms with Crippen molar-refractivity contribution in [2.75, 3.05) is 0 Å². The SMILES string of the molecule is C[C@@H](N)c1c(O)cc(O)cc1O. The van der Waals surface area contributed by atoms with Crippen molar-refractivity contribution in [1.29, 1.82) is 0 Å². The van der Waals surface area contributed by atoms with E-state index in [1.807, 2.05) is 0 Å². The lowest BCUT2D eigenvalue weighted by Gasteiger charge is -2.10. The normalized spacial score (nSPS) is 12.8. The zero-order valence-corrected chi connectivity index (χ0v) is 6.65. The number of nitrogens with two attached hydrogens (primary N) is 1. The third-order valence-electron chi connectivity index (χ3n) is 1.58. The molecule has 0 saturated heterocycles. The molecule has 1 atom stereocenters. The van der Waals surface area contributed by atoms with Gasteiger partial charge in [-0.1, -0.05) is 0 Å². The molecule has 1 aromatic carbocycles. The molecular formula is C8H11NO3. The van der Waals surface area contributed by atoms with Crippen LogP contribution in [-0.4, -0.2) is 15.3 Å². The third-order valence-corrected chi connectivity index (χ3v) is 1.58. The maximum atomic E-state index is 9.24. The van der Waals surface area contributed by atoms with Gasteiger partial charge in [0.1, 0.15) is 17.2 Å². The molecule has 0 heterocycles. The molecule has 1 aromatic rings. The smallest absolute Gasteiger partial charge is 0.127 e. The molecule has 0 aliphatic carbocycles. The van der Waals surface area contributed by atoms with E-state index in [9.17, 15) is 10.2 Å². The average molecular weight is 169 g/mol. The maximum absolute atomic E-state index is 9.24. The minimum Gasteiger partial charge on any atom is -0.508 e. The molecule has 0 amide bonds. The van der Waals surface area contributed by atoms with Crippen LogP contribution in [0.5, 0.6) is 17.2 Å². The Labute approximate surface area is 69.9 Å². The van der Waals surface area contributed by atoms with Crippen LogP contribution in [0.15, 0.2) is 12.1 Å². The highest BCUT2D eigenvalue weighted by Gasteiger charge is 2.12. The van der Waals surface area contributed by atoms with E-state index in [0.29, 0.717) is 0 Å². The molecule has 0 bridgehead atoms. The number of hydrogen-bond acceptors (Lipinski definition) is 4. The summed E-state index contributed by atoms with van der Waals surface area (Å²) in [5, 5.41) is 27.4. The second-order valence-electron chi connectivity index (χ2n) is 2.69. The Morgan fingerprint density at radius 2 is 1.58 bits per heavy atom. The number of phenolic OH excluding ortho intramolecular Hbond substituents is 3. The van der Waals surface area contributed by atoms with Gasteiger partial charge >= 0.3 is 0 Å². The van der Waals surface area contributed by atoms with Gasteiger partial charge in [0.2, 0.25) is 0 Å². The Balaban J connectivity index is 3.28. The molecule has 4 nitrogen and oxygen atoms in total. The first-order valence-electron chi connectivity index (χ1n) is 3.52. The maximum Gasteiger partial charge on any atom is 0.127 e. The Morgan fingerprint density at radius 3 is 1.92 bits per heavy atom. The van der Waals surface area contributed by atoms with Crippen LogP contribution < -0.4 is 5.73 Å². The summed E-state index contributed by atoms with van der Waals surface area (Å²) in [5.74, 6) is -0.570. The number of benzene rings is 1. The fourth-order valence-corrected chi connectivity index (χ4v) is 1.08. The van der Waals surface area contributed by atoms with E-state index in [-0.39, 0.29) is 22.8 Å². The topological polar surface area (TPSA) is 86.7 Å². The van der Waals surface area contributed by atoms with E-state index in [0.717, 1.165) is 12.1 Å². The van der Waals surface area contributed by atoms with E-state index in [2.05, 4.69) is 0 Å². The summed E-state index contributed by atoms with van der Waals surface area (Å²) in [6.45, 7) is 1.63. The Bertz CT molecular complexity index is 273. The van der Waals surface area contributed by atoms with Crippen LogP contribution in [-0.2, 0) is 0 Å². The predicted molar refractivity (Wildman–Crippen MR) is 44.0 cm³/mol. The van der Waals surface area contributed by atoms with Gasteiger partial charge in [-0.05, 0) is 6.92 Å². The molecule has 0 fully saturated rings. The monoisotopic (exact) mass is 169 g/mol. The molecule has 0 unspecified atom stereocenters. The number of phenols is 3. The molecule has 66 valence electrons. The third kappa shape index (κ3) is 1.43. The highest BCUT2D eigenvalue weighted by molar-refractivity contribution is 5.49. The summed E-state index contributed by atoms with van der Waals surface area (Å²) >= 11 is 0. The van der Waals surface area contributed by atoms with E-state index in [4.69, 9.17) is 10.8 Å². The molecule has 12 heavy (non-hydrogen) atoms. The highest BCUT2D eigenvalue weighted by atomic mass is 16.3. The van der Waals surface area contributed by atoms with Gasteiger partial charge in [0, 0.05) is 18.2 Å². The highest BCUT2D eigenvalue weighted by Crippen LogP contribution is 2.35. The van der Waals surface area contributed by atoms with Gasteiger partial charge in [-0.25, -0.2) is 0 Å². The van der Waals surface area contributed by atoms with Crippen molar-refractivity contribution >= 4 is 0 Å². The van der Waals surface area contributed by atoms with Crippen LogP contribution in [0.4, 0.5) is 0 Å². The predicted octanol–water partition coefficient (Wildman–Crippen LogP) is 0.823. The molecule has 0 aliphatic heterocycles. The van der Waals surface area contributed by atoms with E-state index in [1.165, 1.54) is 0 Å². The molecule has 0 aliphatic rings. The second kappa shape index (κ2) is 2.91. The summed E-state index contributed by atoms with van der Waals surface area (Å²) in [5.41, 5.74) is 5.71. The standard InChI is InChI=1S/C8H11NO3/c1-4(9)8-6(11)2-5(10)3-7(8)12/h2-4,10-12H,9H2,1H3/t4-/m1/s1. The van der Waals surface area contributed by atoms with Crippen LogP contribution in [0.1, 0.15) is 18.5 Å². The molecular weight excluding hydrogens is 158 g/mol. The lowest BCUT2D eigenvalue weighted by Crippen LogP contribution is -2.05. The van der Waals surface area contributed by atoms with Gasteiger partial charge in [0.05, 0.1) is 5.56 Å². The van der Waals surface area contributed by atoms with Gasteiger partial charge < -0.3 is 21.1 Å². The molecule has 5 N–H and O–H groups in total. The van der Waals surface area contributed by atoms with Gasteiger partial charge in [-0.15, -0.1) is 0 Å². The first-order valence-corrected chi connectivity index (χ1v) is 3.52. The van der Waals surface area contributed by atoms with Gasteiger partial charge in [-0.3, -0.25) is 0 Å². The van der Waals surface area contributed by atoms with Crippen molar-refractivity contribution in [3.63, 3.8) is 0 Å². The largest absolute Gasteiger partial charge is 0.508 e. The van der Waals surface area contributed by atoms with Crippen molar-refractivity contribution in [3.05, 3.63) is 17.7 Å². The number of hydrogen-bond donors (Lipinski definition) is 4. The summed E-state index contributed by atoms with van der Waals surface area (Å²) in [4.78, 5) is 0. The molecule has 1 rings (SSSR count). The minimum absolute atomic E-state index is 0.186. The Hall–Kier alpha value is -1.42. The van der Waals surface area contributed by atoms with Crippen molar-refractivity contribution < 1.29 is 15.3 Å². The molecule has 0 saturated carbocycles. The first kappa shape index (κ1) is 8.67. The summed E-state index contributed by atoms with van der Waals surface area (Å²) in [6, 6.07) is 1.81. The lowest BCUT2D eigenvalue weighted by atomic mass is 10.1. The lowest BCUT2D eigenvalue weighted by molar-refractivity contribution is 0.414. The van der Waals surface area contributed by atoms with Gasteiger partial charge in [0.15, 0.2) is 0 Å².